The van der Waals surface area contributed by atoms with Gasteiger partial charge in [0.15, 0.2) is 5.75 Å². The molecule has 1 heterocycles. The molecule has 15 heavy (non-hydrogen) atoms. The number of aryl methyl sites for hydroxylation is 1. The van der Waals surface area contributed by atoms with Gasteiger partial charge in [0.05, 0.1) is 19.0 Å². The summed E-state index contributed by atoms with van der Waals surface area (Å²) in [6.07, 6.45) is 4.74. The molecular formula is C11H20N2OS. The van der Waals surface area contributed by atoms with Gasteiger partial charge in [0.2, 0.25) is 0 Å². The molecule has 1 aromatic heterocycles. The number of ether oxygens (including phenoxy) is 1. The van der Waals surface area contributed by atoms with E-state index in [0.717, 1.165) is 24.7 Å². The Hall–Kier alpha value is -0.640. The highest BCUT2D eigenvalue weighted by Gasteiger charge is 1.97. The van der Waals surface area contributed by atoms with Gasteiger partial charge >= 0.3 is 0 Å². The van der Waals surface area contributed by atoms with Crippen LogP contribution in [0.5, 0.6) is 5.75 Å². The molecule has 1 aromatic rings. The molecule has 0 N–H and O–H groups in total. The zero-order chi connectivity index (χ0) is 11.1. The first kappa shape index (κ1) is 12.4. The van der Waals surface area contributed by atoms with E-state index in [1.165, 1.54) is 11.5 Å². The van der Waals surface area contributed by atoms with Crippen molar-refractivity contribution in [3.63, 3.8) is 0 Å². The number of hydrogen-bond acceptors (Lipinski definition) is 3. The fraction of sp³-hybridized carbons (Fsp3) is 0.727. The number of aromatic nitrogens is 2. The predicted octanol–water partition coefficient (Wildman–Crippen LogP) is 2.58. The van der Waals surface area contributed by atoms with Gasteiger partial charge in [-0.25, -0.2) is 0 Å². The van der Waals surface area contributed by atoms with Crippen LogP contribution in [0.25, 0.3) is 0 Å². The Labute approximate surface area is 96.2 Å². The zero-order valence-electron chi connectivity index (χ0n) is 9.77. The third-order valence-corrected chi connectivity index (χ3v) is 3.31. The highest BCUT2D eigenvalue weighted by atomic mass is 32.2. The van der Waals surface area contributed by atoms with E-state index in [0.29, 0.717) is 0 Å². The van der Waals surface area contributed by atoms with Crippen LogP contribution < -0.4 is 4.74 Å². The zero-order valence-corrected chi connectivity index (χ0v) is 10.6. The molecule has 0 amide bonds. The predicted molar refractivity (Wildman–Crippen MR) is 65.5 cm³/mol. The normalized spacial score (nSPS) is 10.9. The second-order valence-electron chi connectivity index (χ2n) is 4.02. The smallest absolute Gasteiger partial charge is 0.157 e. The number of nitrogens with zero attached hydrogens (tertiary/aromatic N) is 2. The lowest BCUT2D eigenvalue weighted by Gasteiger charge is -2.05. The second kappa shape index (κ2) is 6.77. The van der Waals surface area contributed by atoms with Crippen LogP contribution in [0.15, 0.2) is 12.4 Å². The van der Waals surface area contributed by atoms with E-state index in [2.05, 4.69) is 18.9 Å². The van der Waals surface area contributed by atoms with Crippen LogP contribution in [0, 0.1) is 5.92 Å². The Balaban J connectivity index is 1.98. The summed E-state index contributed by atoms with van der Waals surface area (Å²) < 4.78 is 7.29. The van der Waals surface area contributed by atoms with Crippen LogP contribution in [0.3, 0.4) is 0 Å². The van der Waals surface area contributed by atoms with Crippen LogP contribution in [0.2, 0.25) is 0 Å². The maximum absolute atomic E-state index is 5.54. The summed E-state index contributed by atoms with van der Waals surface area (Å²) >= 11 is 2.00. The second-order valence-corrected chi connectivity index (χ2v) is 5.17. The van der Waals surface area contributed by atoms with Gasteiger partial charge in [0.1, 0.15) is 0 Å². The van der Waals surface area contributed by atoms with E-state index in [1.54, 1.807) is 10.9 Å². The Kier molecular flexibility index (Phi) is 5.61. The molecule has 0 atom stereocenters. The summed E-state index contributed by atoms with van der Waals surface area (Å²) in [6, 6.07) is 0. The highest BCUT2D eigenvalue weighted by molar-refractivity contribution is 7.99. The largest absolute Gasteiger partial charge is 0.490 e. The summed E-state index contributed by atoms with van der Waals surface area (Å²) in [5.74, 6) is 4.08. The molecule has 4 heteroatoms. The van der Waals surface area contributed by atoms with Crippen LogP contribution in [-0.2, 0) is 7.05 Å². The fourth-order valence-corrected chi connectivity index (χ4v) is 2.10. The molecule has 0 aliphatic rings. The lowest BCUT2D eigenvalue weighted by molar-refractivity contribution is 0.318. The number of hydrogen-bond donors (Lipinski definition) is 0. The summed E-state index contributed by atoms with van der Waals surface area (Å²) in [5.41, 5.74) is 0. The first-order valence-electron chi connectivity index (χ1n) is 5.37. The van der Waals surface area contributed by atoms with Gasteiger partial charge in [-0.15, -0.1) is 0 Å². The first-order chi connectivity index (χ1) is 7.18. The molecule has 0 aliphatic heterocycles. The van der Waals surface area contributed by atoms with Crippen LogP contribution in [-0.4, -0.2) is 27.9 Å². The minimum Gasteiger partial charge on any atom is -0.490 e. The van der Waals surface area contributed by atoms with Gasteiger partial charge in [-0.1, -0.05) is 13.8 Å². The van der Waals surface area contributed by atoms with Gasteiger partial charge < -0.3 is 4.74 Å². The molecule has 86 valence electrons. The molecule has 0 fully saturated rings. The molecule has 0 bridgehead atoms. The van der Waals surface area contributed by atoms with Crippen molar-refractivity contribution in [2.45, 2.75) is 20.3 Å². The average molecular weight is 228 g/mol. The maximum Gasteiger partial charge on any atom is 0.157 e. The van der Waals surface area contributed by atoms with E-state index in [4.69, 9.17) is 4.74 Å². The van der Waals surface area contributed by atoms with Crippen LogP contribution >= 0.6 is 11.8 Å². The fourth-order valence-electron chi connectivity index (χ4n) is 1.14. The van der Waals surface area contributed by atoms with E-state index < -0.39 is 0 Å². The third-order valence-electron chi connectivity index (χ3n) is 1.83. The molecule has 0 saturated heterocycles. The van der Waals surface area contributed by atoms with Gasteiger partial charge in [-0.3, -0.25) is 4.68 Å². The van der Waals surface area contributed by atoms with Crippen LogP contribution in [0.4, 0.5) is 0 Å². The van der Waals surface area contributed by atoms with Crippen molar-refractivity contribution < 1.29 is 4.74 Å². The topological polar surface area (TPSA) is 27.1 Å². The molecule has 1 rings (SSSR count). The number of rotatable bonds is 7. The molecular weight excluding hydrogens is 208 g/mol. The lowest BCUT2D eigenvalue weighted by Crippen LogP contribution is -1.99. The molecule has 0 saturated carbocycles. The van der Waals surface area contributed by atoms with E-state index in [-0.39, 0.29) is 0 Å². The SMILES string of the molecule is CC(C)CSCCCOc1cnn(C)c1. The van der Waals surface area contributed by atoms with Crippen molar-refractivity contribution in [1.29, 1.82) is 0 Å². The molecule has 3 nitrogen and oxygen atoms in total. The Bertz CT molecular complexity index is 273. The number of thioether (sulfide) groups is 1. The monoisotopic (exact) mass is 228 g/mol. The van der Waals surface area contributed by atoms with Gasteiger partial charge in [0.25, 0.3) is 0 Å². The molecule has 0 radical (unpaired) electrons. The van der Waals surface area contributed by atoms with Gasteiger partial charge in [-0.2, -0.15) is 16.9 Å². The van der Waals surface area contributed by atoms with Crippen molar-refractivity contribution >= 4 is 11.8 Å². The van der Waals surface area contributed by atoms with Gasteiger partial charge in [-0.05, 0) is 23.8 Å². The minimum absolute atomic E-state index is 0.786. The van der Waals surface area contributed by atoms with E-state index >= 15 is 0 Å². The first-order valence-corrected chi connectivity index (χ1v) is 6.53. The minimum atomic E-state index is 0.786. The van der Waals surface area contributed by atoms with Crippen molar-refractivity contribution in [2.75, 3.05) is 18.1 Å². The van der Waals surface area contributed by atoms with Crippen LogP contribution in [0.1, 0.15) is 20.3 Å². The lowest BCUT2D eigenvalue weighted by atomic mass is 10.3. The summed E-state index contributed by atoms with van der Waals surface area (Å²) in [6.45, 7) is 5.29. The summed E-state index contributed by atoms with van der Waals surface area (Å²) in [7, 11) is 1.89. The summed E-state index contributed by atoms with van der Waals surface area (Å²) in [4.78, 5) is 0. The Morgan fingerprint density at radius 3 is 2.93 bits per heavy atom. The molecule has 0 spiro atoms. The average Bonchev–Trinajstić information content (AvgIpc) is 2.57. The molecule has 0 aliphatic carbocycles. The van der Waals surface area contributed by atoms with E-state index in [1.807, 2.05) is 25.0 Å². The molecule has 0 aromatic carbocycles. The third kappa shape index (κ3) is 5.72. The van der Waals surface area contributed by atoms with Crippen molar-refractivity contribution in [1.82, 2.24) is 9.78 Å². The maximum atomic E-state index is 5.54. The molecule has 0 unspecified atom stereocenters. The van der Waals surface area contributed by atoms with Crippen molar-refractivity contribution in [2.24, 2.45) is 13.0 Å². The van der Waals surface area contributed by atoms with Crippen molar-refractivity contribution in [3.05, 3.63) is 12.4 Å². The highest BCUT2D eigenvalue weighted by Crippen LogP contribution is 2.10. The standard InChI is InChI=1S/C11H20N2OS/c1-10(2)9-15-6-4-5-14-11-7-12-13(3)8-11/h7-8,10H,4-6,9H2,1-3H3. The summed E-state index contributed by atoms with van der Waals surface area (Å²) in [5, 5.41) is 4.04. The Morgan fingerprint density at radius 1 is 1.53 bits per heavy atom. The van der Waals surface area contributed by atoms with Crippen molar-refractivity contribution in [3.8, 4) is 5.75 Å². The Morgan fingerprint density at radius 2 is 2.33 bits per heavy atom. The quantitative estimate of drug-likeness (QED) is 0.671. The van der Waals surface area contributed by atoms with E-state index in [9.17, 15) is 0 Å². The van der Waals surface area contributed by atoms with Gasteiger partial charge in [0, 0.05) is 7.05 Å².